The van der Waals surface area contributed by atoms with E-state index in [1.807, 2.05) is 4.72 Å². The zero-order valence-corrected chi connectivity index (χ0v) is 20.8. The molecule has 11 heteroatoms. The maximum atomic E-state index is 13.9. The molecule has 0 saturated carbocycles. The van der Waals surface area contributed by atoms with Gasteiger partial charge in [-0.05, 0) is 66.6 Å². The smallest absolute Gasteiger partial charge is 0.207 e. The third-order valence-electron chi connectivity index (χ3n) is 3.95. The van der Waals surface area contributed by atoms with Gasteiger partial charge in [-0.3, -0.25) is 0 Å². The van der Waals surface area contributed by atoms with E-state index >= 15 is 0 Å². The standard InChI is InChI=1S/C18H17Cl2F3INO2S2/c1-10-7-11(2)16(12(3)8-10)29(26,27)25-17(24,18(21,22)23)9-28-15-13(19)5-4-6-14(15)20/h4-8,25H,9H2,1-3H3. The average Bonchev–Trinajstić information content (AvgIpc) is 2.51. The molecule has 0 aliphatic rings. The number of benzene rings is 2. The predicted octanol–water partition coefficient (Wildman–Crippen LogP) is 6.68. The molecule has 1 N–H and O–H groups in total. The average molecular weight is 598 g/mol. The Labute approximate surface area is 195 Å². The van der Waals surface area contributed by atoms with Gasteiger partial charge in [0.2, 0.25) is 10.0 Å². The van der Waals surface area contributed by atoms with Gasteiger partial charge in [0.15, 0.2) is 3.55 Å². The molecule has 0 amide bonds. The molecule has 1 atom stereocenters. The summed E-state index contributed by atoms with van der Waals surface area (Å²) in [4.78, 5) is 0.0946. The van der Waals surface area contributed by atoms with Crippen molar-refractivity contribution in [3.8, 4) is 0 Å². The quantitative estimate of drug-likeness (QED) is 0.175. The summed E-state index contributed by atoms with van der Waals surface area (Å²) in [5.74, 6) is -0.663. The van der Waals surface area contributed by atoms with Crippen molar-refractivity contribution in [3.05, 3.63) is 57.1 Å². The predicted molar refractivity (Wildman–Crippen MR) is 121 cm³/mol. The largest absolute Gasteiger partial charge is 0.417 e. The minimum absolute atomic E-state index is 0.158. The fourth-order valence-corrected chi connectivity index (χ4v) is 7.64. The van der Waals surface area contributed by atoms with Gasteiger partial charge in [0.1, 0.15) is 0 Å². The maximum Gasteiger partial charge on any atom is 0.417 e. The van der Waals surface area contributed by atoms with Gasteiger partial charge in [0.25, 0.3) is 0 Å². The van der Waals surface area contributed by atoms with Crippen molar-refractivity contribution in [1.82, 2.24) is 4.72 Å². The van der Waals surface area contributed by atoms with Crippen LogP contribution in [0.25, 0.3) is 0 Å². The van der Waals surface area contributed by atoms with Crippen LogP contribution in [0, 0.1) is 20.8 Å². The Morgan fingerprint density at radius 1 is 1.07 bits per heavy atom. The lowest BCUT2D eigenvalue weighted by Crippen LogP contribution is -2.55. The second-order valence-corrected chi connectivity index (χ2v) is 11.7. The van der Waals surface area contributed by atoms with Gasteiger partial charge in [0, 0.05) is 10.6 Å². The van der Waals surface area contributed by atoms with E-state index in [1.165, 1.54) is 12.1 Å². The first-order valence-corrected chi connectivity index (χ1v) is 12.4. The Kier molecular flexibility index (Phi) is 7.88. The summed E-state index contributed by atoms with van der Waals surface area (Å²) in [5, 5.41) is 0.382. The van der Waals surface area contributed by atoms with E-state index < -0.39 is 25.5 Å². The monoisotopic (exact) mass is 597 g/mol. The lowest BCUT2D eigenvalue weighted by atomic mass is 10.1. The molecule has 2 aromatic carbocycles. The van der Waals surface area contributed by atoms with Crippen molar-refractivity contribution >= 4 is 67.6 Å². The van der Waals surface area contributed by atoms with Gasteiger partial charge in [-0.1, -0.05) is 47.0 Å². The second-order valence-electron chi connectivity index (χ2n) is 6.47. The normalized spacial score (nSPS) is 14.7. The Morgan fingerprint density at radius 2 is 1.55 bits per heavy atom. The first-order chi connectivity index (χ1) is 13.2. The number of sulfonamides is 1. The summed E-state index contributed by atoms with van der Waals surface area (Å²) >= 11 is 13.9. The van der Waals surface area contributed by atoms with E-state index in [9.17, 15) is 21.6 Å². The first kappa shape index (κ1) is 25.1. The summed E-state index contributed by atoms with van der Waals surface area (Å²) < 4.78 is 66.6. The Morgan fingerprint density at radius 3 is 2.00 bits per heavy atom. The summed E-state index contributed by atoms with van der Waals surface area (Å²) in [6.07, 6.45) is -4.87. The zero-order valence-electron chi connectivity index (χ0n) is 15.5. The molecule has 160 valence electrons. The molecule has 0 aliphatic heterocycles. The van der Waals surface area contributed by atoms with Crippen LogP contribution in [0.2, 0.25) is 10.0 Å². The number of rotatable bonds is 6. The number of nitrogens with one attached hydrogen (secondary N) is 1. The van der Waals surface area contributed by atoms with Crippen molar-refractivity contribution in [2.24, 2.45) is 0 Å². The lowest BCUT2D eigenvalue weighted by Gasteiger charge is -2.31. The zero-order chi connectivity index (χ0) is 22.2. The van der Waals surface area contributed by atoms with Gasteiger partial charge in [-0.2, -0.15) is 17.9 Å². The Bertz CT molecular complexity index is 989. The molecule has 1 unspecified atom stereocenters. The molecular weight excluding hydrogens is 581 g/mol. The van der Waals surface area contributed by atoms with Crippen LogP contribution in [0.5, 0.6) is 0 Å². The minimum atomic E-state index is -4.87. The molecule has 0 radical (unpaired) electrons. The molecule has 0 fully saturated rings. The summed E-state index contributed by atoms with van der Waals surface area (Å²) in [7, 11) is -4.46. The molecule has 2 rings (SSSR count). The fourth-order valence-electron chi connectivity index (χ4n) is 2.82. The number of aryl methyl sites for hydroxylation is 3. The number of hydrogen-bond acceptors (Lipinski definition) is 3. The highest BCUT2D eigenvalue weighted by molar-refractivity contribution is 14.1. The third kappa shape index (κ3) is 5.74. The van der Waals surface area contributed by atoms with Gasteiger partial charge < -0.3 is 0 Å². The molecule has 0 spiro atoms. The number of alkyl halides is 4. The molecule has 0 bridgehead atoms. The van der Waals surface area contributed by atoms with Crippen molar-refractivity contribution in [3.63, 3.8) is 0 Å². The van der Waals surface area contributed by atoms with E-state index in [0.29, 0.717) is 11.1 Å². The Balaban J connectivity index is 2.43. The Hall–Kier alpha value is -0.200. The van der Waals surface area contributed by atoms with E-state index in [2.05, 4.69) is 0 Å². The fraction of sp³-hybridized carbons (Fsp3) is 0.333. The van der Waals surface area contributed by atoms with Crippen LogP contribution in [0.4, 0.5) is 13.2 Å². The van der Waals surface area contributed by atoms with Crippen molar-refractivity contribution in [1.29, 1.82) is 0 Å². The van der Waals surface area contributed by atoms with Crippen LogP contribution >= 0.6 is 57.6 Å². The number of halogens is 6. The number of thioether (sulfide) groups is 1. The van der Waals surface area contributed by atoms with Gasteiger partial charge in [0.05, 0.1) is 14.9 Å². The molecule has 0 heterocycles. The summed E-state index contributed by atoms with van der Waals surface area (Å²) in [6.45, 7) is 4.89. The van der Waals surface area contributed by atoms with E-state index in [1.54, 1.807) is 39.0 Å². The van der Waals surface area contributed by atoms with Gasteiger partial charge in [-0.15, -0.1) is 11.8 Å². The second kappa shape index (κ2) is 9.12. The molecular formula is C18H17Cl2F3INO2S2. The van der Waals surface area contributed by atoms with E-state index in [0.717, 1.165) is 39.9 Å². The van der Waals surface area contributed by atoms with Crippen molar-refractivity contribution in [2.75, 3.05) is 5.75 Å². The molecule has 0 saturated heterocycles. The highest BCUT2D eigenvalue weighted by atomic mass is 127. The molecule has 29 heavy (non-hydrogen) atoms. The third-order valence-corrected chi connectivity index (χ3v) is 10.1. The van der Waals surface area contributed by atoms with E-state index in [-0.39, 0.29) is 19.8 Å². The van der Waals surface area contributed by atoms with Gasteiger partial charge >= 0.3 is 6.18 Å². The summed E-state index contributed by atoms with van der Waals surface area (Å²) in [6, 6.07) is 7.80. The lowest BCUT2D eigenvalue weighted by molar-refractivity contribution is -0.151. The SMILES string of the molecule is Cc1cc(C)c(S(=O)(=O)NC(I)(CSc2c(Cl)cccc2Cl)C(F)(F)F)c(C)c1. The summed E-state index contributed by atoms with van der Waals surface area (Å²) in [5.41, 5.74) is 1.56. The first-order valence-electron chi connectivity index (χ1n) is 8.12. The molecule has 0 aromatic heterocycles. The van der Waals surface area contributed by atoms with Crippen LogP contribution < -0.4 is 4.72 Å². The van der Waals surface area contributed by atoms with E-state index in [4.69, 9.17) is 23.2 Å². The van der Waals surface area contributed by atoms with Gasteiger partial charge in [-0.25, -0.2) is 8.42 Å². The van der Waals surface area contributed by atoms with Crippen LogP contribution in [0.15, 0.2) is 40.1 Å². The minimum Gasteiger partial charge on any atom is -0.207 e. The highest BCUT2D eigenvalue weighted by Crippen LogP contribution is 2.44. The van der Waals surface area contributed by atoms with Crippen molar-refractivity contribution < 1.29 is 21.6 Å². The maximum absolute atomic E-state index is 13.9. The van der Waals surface area contributed by atoms with Crippen molar-refractivity contribution in [2.45, 2.75) is 40.3 Å². The molecule has 0 aliphatic carbocycles. The van der Waals surface area contributed by atoms with Crippen LogP contribution in [-0.2, 0) is 10.0 Å². The van der Waals surface area contributed by atoms with Crippen LogP contribution in [-0.4, -0.2) is 23.9 Å². The van der Waals surface area contributed by atoms with Crippen LogP contribution in [0.1, 0.15) is 16.7 Å². The topological polar surface area (TPSA) is 46.2 Å². The highest BCUT2D eigenvalue weighted by Gasteiger charge is 2.55. The van der Waals surface area contributed by atoms with Crippen LogP contribution in [0.3, 0.4) is 0 Å². The number of hydrogen-bond donors (Lipinski definition) is 1. The molecule has 2 aromatic rings. The molecule has 3 nitrogen and oxygen atoms in total.